The first kappa shape index (κ1) is 23.7. The van der Waals surface area contributed by atoms with Crippen LogP contribution in [0.4, 0.5) is 0 Å². The molecular weight excluding hydrogens is 444 g/mol. The molecule has 0 bridgehead atoms. The first-order valence-electron chi connectivity index (χ1n) is 10.5. The predicted octanol–water partition coefficient (Wildman–Crippen LogP) is 1.49. The molecule has 0 spiro atoms. The van der Waals surface area contributed by atoms with E-state index < -0.39 is 21.9 Å². The minimum Gasteiger partial charge on any atom is -0.466 e. The maximum absolute atomic E-state index is 12.6. The molecule has 11 heteroatoms. The standard InChI is InChI=1S/C20H28N2O7S2/c1-2-28-19(24)15-5-9-21(10-6-15)17(23)14-29-20(25)16-7-11-22(12-8-16)31(26,27)18-4-3-13-30-18/h3-4,13,15-16H,2,5-12,14H2,1H3. The summed E-state index contributed by atoms with van der Waals surface area (Å²) in [7, 11) is -3.52. The third-order valence-corrected chi connectivity index (χ3v) is 8.95. The SMILES string of the molecule is CCOC(=O)C1CCN(C(=O)COC(=O)C2CCN(S(=O)(=O)c3cccs3)CC2)CC1. The third-order valence-electron chi connectivity index (χ3n) is 5.68. The van der Waals surface area contributed by atoms with E-state index in [2.05, 4.69) is 0 Å². The van der Waals surface area contributed by atoms with Gasteiger partial charge in [0.2, 0.25) is 0 Å². The number of hydrogen-bond donors (Lipinski definition) is 0. The largest absolute Gasteiger partial charge is 0.466 e. The molecule has 2 aliphatic rings. The lowest BCUT2D eigenvalue weighted by molar-refractivity contribution is -0.158. The lowest BCUT2D eigenvalue weighted by Gasteiger charge is -2.31. The Morgan fingerprint density at radius 3 is 2.13 bits per heavy atom. The average Bonchev–Trinajstić information content (AvgIpc) is 3.33. The number of amides is 1. The number of thiophene rings is 1. The molecule has 0 aromatic carbocycles. The second kappa shape index (κ2) is 10.6. The zero-order chi connectivity index (χ0) is 22.4. The highest BCUT2D eigenvalue weighted by molar-refractivity contribution is 7.91. The molecule has 0 N–H and O–H groups in total. The number of esters is 2. The van der Waals surface area contributed by atoms with E-state index in [0.717, 1.165) is 0 Å². The molecule has 9 nitrogen and oxygen atoms in total. The summed E-state index contributed by atoms with van der Waals surface area (Å²) in [5, 5.41) is 1.72. The summed E-state index contributed by atoms with van der Waals surface area (Å²) in [6, 6.07) is 3.26. The van der Waals surface area contributed by atoms with Crippen LogP contribution in [0, 0.1) is 11.8 Å². The van der Waals surface area contributed by atoms with Crippen molar-refractivity contribution in [3.8, 4) is 0 Å². The Labute approximate surface area is 186 Å². The fourth-order valence-corrected chi connectivity index (χ4v) is 6.45. The van der Waals surface area contributed by atoms with E-state index in [1.807, 2.05) is 0 Å². The molecule has 1 amide bonds. The van der Waals surface area contributed by atoms with Crippen LogP contribution in [0.1, 0.15) is 32.6 Å². The fraction of sp³-hybridized carbons (Fsp3) is 0.650. The molecule has 2 saturated heterocycles. The summed E-state index contributed by atoms with van der Waals surface area (Å²) in [5.41, 5.74) is 0. The van der Waals surface area contributed by atoms with Gasteiger partial charge in [0.1, 0.15) is 4.21 Å². The quantitative estimate of drug-likeness (QED) is 0.553. The summed E-state index contributed by atoms with van der Waals surface area (Å²) >= 11 is 1.17. The van der Waals surface area contributed by atoms with Gasteiger partial charge in [-0.05, 0) is 44.1 Å². The number of carbonyl (C=O) groups is 3. The molecule has 1 aromatic rings. The van der Waals surface area contributed by atoms with Crippen LogP contribution in [0.5, 0.6) is 0 Å². The van der Waals surface area contributed by atoms with Crippen molar-refractivity contribution in [1.29, 1.82) is 0 Å². The van der Waals surface area contributed by atoms with E-state index in [9.17, 15) is 22.8 Å². The van der Waals surface area contributed by atoms with Gasteiger partial charge in [0, 0.05) is 26.2 Å². The molecule has 0 aliphatic carbocycles. The molecular formula is C20H28N2O7S2. The number of likely N-dealkylation sites (tertiary alicyclic amines) is 1. The predicted molar refractivity (Wildman–Crippen MR) is 113 cm³/mol. The van der Waals surface area contributed by atoms with Gasteiger partial charge in [-0.3, -0.25) is 14.4 Å². The minimum atomic E-state index is -3.52. The number of carbonyl (C=O) groups excluding carboxylic acids is 3. The van der Waals surface area contributed by atoms with Crippen molar-refractivity contribution in [1.82, 2.24) is 9.21 Å². The second-order valence-corrected chi connectivity index (χ2v) is 10.7. The van der Waals surface area contributed by atoms with Crippen molar-refractivity contribution < 1.29 is 32.3 Å². The third kappa shape index (κ3) is 5.83. The topological polar surface area (TPSA) is 110 Å². The summed E-state index contributed by atoms with van der Waals surface area (Å²) in [6.45, 7) is 3.11. The number of ether oxygens (including phenoxy) is 2. The average molecular weight is 473 g/mol. The van der Waals surface area contributed by atoms with Crippen LogP contribution in [0.2, 0.25) is 0 Å². The molecule has 0 saturated carbocycles. The van der Waals surface area contributed by atoms with Gasteiger partial charge in [0.15, 0.2) is 6.61 Å². The number of hydrogen-bond acceptors (Lipinski definition) is 8. The zero-order valence-electron chi connectivity index (χ0n) is 17.5. The van der Waals surface area contributed by atoms with Crippen LogP contribution >= 0.6 is 11.3 Å². The summed E-state index contributed by atoms with van der Waals surface area (Å²) in [5.74, 6) is -1.59. The number of piperidine rings is 2. The van der Waals surface area contributed by atoms with E-state index in [0.29, 0.717) is 49.6 Å². The van der Waals surface area contributed by atoms with E-state index in [-0.39, 0.29) is 37.5 Å². The Balaban J connectivity index is 1.40. The Kier molecular flexibility index (Phi) is 8.06. The first-order valence-corrected chi connectivity index (χ1v) is 12.8. The van der Waals surface area contributed by atoms with E-state index in [1.54, 1.807) is 29.3 Å². The molecule has 0 atom stereocenters. The van der Waals surface area contributed by atoms with Crippen molar-refractivity contribution in [2.75, 3.05) is 39.4 Å². The van der Waals surface area contributed by atoms with Crippen LogP contribution in [-0.2, 0) is 33.9 Å². The number of rotatable bonds is 7. The van der Waals surface area contributed by atoms with Gasteiger partial charge in [-0.25, -0.2) is 8.42 Å². The van der Waals surface area contributed by atoms with Gasteiger partial charge in [-0.15, -0.1) is 11.3 Å². The summed E-state index contributed by atoms with van der Waals surface area (Å²) in [4.78, 5) is 38.1. The molecule has 0 unspecified atom stereocenters. The van der Waals surface area contributed by atoms with E-state index in [1.165, 1.54) is 15.6 Å². The first-order chi connectivity index (χ1) is 14.8. The Bertz CT molecular complexity index is 869. The van der Waals surface area contributed by atoms with E-state index >= 15 is 0 Å². The fourth-order valence-electron chi connectivity index (χ4n) is 3.84. The summed E-state index contributed by atoms with van der Waals surface area (Å²) < 4.78 is 37.0. The van der Waals surface area contributed by atoms with Gasteiger partial charge < -0.3 is 14.4 Å². The van der Waals surface area contributed by atoms with Gasteiger partial charge in [-0.1, -0.05) is 6.07 Å². The molecule has 0 radical (unpaired) electrons. The lowest BCUT2D eigenvalue weighted by Crippen LogP contribution is -2.43. The number of sulfonamides is 1. The highest BCUT2D eigenvalue weighted by atomic mass is 32.2. The van der Waals surface area contributed by atoms with Crippen LogP contribution in [0.25, 0.3) is 0 Å². The number of nitrogens with zero attached hydrogens (tertiary/aromatic N) is 2. The van der Waals surface area contributed by atoms with E-state index in [4.69, 9.17) is 9.47 Å². The summed E-state index contributed by atoms with van der Waals surface area (Å²) in [6.07, 6.45) is 1.80. The monoisotopic (exact) mass is 472 g/mol. The molecule has 2 aliphatic heterocycles. The van der Waals surface area contributed by atoms with Crippen molar-refractivity contribution in [3.63, 3.8) is 0 Å². The highest BCUT2D eigenvalue weighted by Gasteiger charge is 2.34. The van der Waals surface area contributed by atoms with Crippen LogP contribution in [0.15, 0.2) is 21.7 Å². The Morgan fingerprint density at radius 2 is 1.58 bits per heavy atom. The molecule has 1 aromatic heterocycles. The lowest BCUT2D eigenvalue weighted by atomic mass is 9.97. The molecule has 2 fully saturated rings. The van der Waals surface area contributed by atoms with Crippen LogP contribution < -0.4 is 0 Å². The van der Waals surface area contributed by atoms with Gasteiger partial charge >= 0.3 is 11.9 Å². The van der Waals surface area contributed by atoms with Crippen LogP contribution in [-0.4, -0.2) is 74.9 Å². The maximum Gasteiger partial charge on any atom is 0.309 e. The van der Waals surface area contributed by atoms with Crippen molar-refractivity contribution in [2.24, 2.45) is 11.8 Å². The molecule has 172 valence electrons. The second-order valence-electron chi connectivity index (χ2n) is 7.63. The van der Waals surface area contributed by atoms with Gasteiger partial charge in [0.25, 0.3) is 15.9 Å². The zero-order valence-corrected chi connectivity index (χ0v) is 19.2. The highest BCUT2D eigenvalue weighted by Crippen LogP contribution is 2.27. The Hall–Kier alpha value is -1.98. The minimum absolute atomic E-state index is 0.192. The van der Waals surface area contributed by atoms with Gasteiger partial charge in [0.05, 0.1) is 18.4 Å². The molecule has 31 heavy (non-hydrogen) atoms. The van der Waals surface area contributed by atoms with Crippen molar-refractivity contribution in [3.05, 3.63) is 17.5 Å². The maximum atomic E-state index is 12.6. The van der Waals surface area contributed by atoms with Crippen LogP contribution in [0.3, 0.4) is 0 Å². The van der Waals surface area contributed by atoms with Crippen molar-refractivity contribution >= 4 is 39.2 Å². The molecule has 3 rings (SSSR count). The van der Waals surface area contributed by atoms with Crippen molar-refractivity contribution in [2.45, 2.75) is 36.8 Å². The smallest absolute Gasteiger partial charge is 0.309 e. The van der Waals surface area contributed by atoms with Gasteiger partial charge in [-0.2, -0.15) is 4.31 Å². The Morgan fingerprint density at radius 1 is 1.00 bits per heavy atom. The normalized spacial score (nSPS) is 19.2. The molecule has 3 heterocycles.